The van der Waals surface area contributed by atoms with Gasteiger partial charge < -0.3 is 24.8 Å². The van der Waals surface area contributed by atoms with Gasteiger partial charge in [0.25, 0.3) is 0 Å². The van der Waals surface area contributed by atoms with E-state index in [4.69, 9.17) is 14.2 Å². The van der Waals surface area contributed by atoms with Crippen LogP contribution in [0.25, 0.3) is 0 Å². The van der Waals surface area contributed by atoms with Crippen LogP contribution in [0.3, 0.4) is 0 Å². The summed E-state index contributed by atoms with van der Waals surface area (Å²) in [5, 5.41) is 6.70. The number of guanidine groups is 1. The Morgan fingerprint density at radius 2 is 1.85 bits per heavy atom. The lowest BCUT2D eigenvalue weighted by atomic mass is 10.1. The van der Waals surface area contributed by atoms with Crippen molar-refractivity contribution in [3.8, 4) is 11.5 Å². The Bertz CT molecular complexity index is 859. The summed E-state index contributed by atoms with van der Waals surface area (Å²) < 4.78 is 16.9. The minimum atomic E-state index is 0. The van der Waals surface area contributed by atoms with Crippen LogP contribution < -0.4 is 20.1 Å². The number of halogens is 1. The van der Waals surface area contributed by atoms with Crippen molar-refractivity contribution in [3.05, 3.63) is 59.7 Å². The van der Waals surface area contributed by atoms with Crippen molar-refractivity contribution in [2.24, 2.45) is 4.99 Å². The van der Waals surface area contributed by atoms with Crippen LogP contribution in [-0.4, -0.2) is 64.5 Å². The van der Waals surface area contributed by atoms with Gasteiger partial charge in [-0.25, -0.2) is 0 Å². The number of rotatable bonds is 10. The zero-order valence-electron chi connectivity index (χ0n) is 19.9. The summed E-state index contributed by atoms with van der Waals surface area (Å²) in [5.41, 5.74) is 2.22. The summed E-state index contributed by atoms with van der Waals surface area (Å²) in [4.78, 5) is 6.70. The second-order valence-electron chi connectivity index (χ2n) is 7.91. The minimum Gasteiger partial charge on any atom is -0.496 e. The highest BCUT2D eigenvalue weighted by Crippen LogP contribution is 2.17. The van der Waals surface area contributed by atoms with Crippen LogP contribution in [0.15, 0.2) is 53.5 Å². The molecule has 0 radical (unpaired) electrons. The van der Waals surface area contributed by atoms with Gasteiger partial charge in [-0.05, 0) is 43.7 Å². The van der Waals surface area contributed by atoms with E-state index in [0.29, 0.717) is 25.7 Å². The third kappa shape index (κ3) is 9.02. The number of hydrogen-bond donors (Lipinski definition) is 2. The van der Waals surface area contributed by atoms with Crippen LogP contribution in [0.5, 0.6) is 11.5 Å². The van der Waals surface area contributed by atoms with Crippen LogP contribution in [0.1, 0.15) is 24.0 Å². The molecule has 2 aromatic rings. The van der Waals surface area contributed by atoms with E-state index in [2.05, 4.69) is 39.7 Å². The Morgan fingerprint density at radius 1 is 1.09 bits per heavy atom. The molecule has 7 nitrogen and oxygen atoms in total. The highest BCUT2D eigenvalue weighted by atomic mass is 127. The van der Waals surface area contributed by atoms with E-state index in [0.717, 1.165) is 61.2 Å². The molecule has 0 spiro atoms. The smallest absolute Gasteiger partial charge is 0.191 e. The topological polar surface area (TPSA) is 67.4 Å². The van der Waals surface area contributed by atoms with Crippen LogP contribution in [0.2, 0.25) is 0 Å². The lowest BCUT2D eigenvalue weighted by molar-refractivity contribution is 0.0392. The molecule has 1 aliphatic rings. The molecule has 0 atom stereocenters. The van der Waals surface area contributed by atoms with Crippen molar-refractivity contribution < 1.29 is 14.2 Å². The molecule has 8 heteroatoms. The fourth-order valence-corrected chi connectivity index (χ4v) is 3.80. The SMILES string of the molecule is CN=C(NCc1cccc(OCCN(C)C2CCOCC2)c1)NCc1ccccc1OC.I. The first kappa shape index (κ1) is 27.2. The third-order valence-electron chi connectivity index (χ3n) is 5.75. The molecule has 2 aromatic carbocycles. The maximum absolute atomic E-state index is 6.01. The number of nitrogens with zero attached hydrogens (tertiary/aromatic N) is 2. The molecule has 3 rings (SSSR count). The molecule has 0 aromatic heterocycles. The molecule has 0 amide bonds. The van der Waals surface area contributed by atoms with Crippen molar-refractivity contribution in [2.75, 3.05) is 47.6 Å². The van der Waals surface area contributed by atoms with E-state index >= 15 is 0 Å². The highest BCUT2D eigenvalue weighted by molar-refractivity contribution is 14.0. The van der Waals surface area contributed by atoms with Crippen molar-refractivity contribution in [1.29, 1.82) is 0 Å². The van der Waals surface area contributed by atoms with Gasteiger partial charge in [0.2, 0.25) is 0 Å². The van der Waals surface area contributed by atoms with Crippen LogP contribution in [0.4, 0.5) is 0 Å². The molecule has 1 aliphatic heterocycles. The molecule has 1 fully saturated rings. The van der Waals surface area contributed by atoms with Crippen molar-refractivity contribution in [1.82, 2.24) is 15.5 Å². The number of para-hydroxylation sites is 1. The molecular weight excluding hydrogens is 531 g/mol. The normalized spacial score (nSPS) is 14.5. The predicted octanol–water partition coefficient (Wildman–Crippen LogP) is 3.67. The van der Waals surface area contributed by atoms with Crippen LogP contribution in [-0.2, 0) is 17.8 Å². The van der Waals surface area contributed by atoms with E-state index in [9.17, 15) is 0 Å². The molecule has 1 heterocycles. The van der Waals surface area contributed by atoms with Gasteiger partial charge in [0.05, 0.1) is 7.11 Å². The van der Waals surface area contributed by atoms with Crippen molar-refractivity contribution in [2.45, 2.75) is 32.0 Å². The Labute approximate surface area is 214 Å². The Kier molecular flexibility index (Phi) is 12.3. The Morgan fingerprint density at radius 3 is 2.61 bits per heavy atom. The fraction of sp³-hybridized carbons (Fsp3) is 0.480. The number of likely N-dealkylation sites (N-methyl/N-ethyl adjacent to an activating group) is 1. The van der Waals surface area contributed by atoms with Crippen molar-refractivity contribution >= 4 is 29.9 Å². The van der Waals surface area contributed by atoms with Gasteiger partial charge in [-0.2, -0.15) is 0 Å². The number of nitrogens with one attached hydrogen (secondary N) is 2. The molecule has 33 heavy (non-hydrogen) atoms. The minimum absolute atomic E-state index is 0. The number of aliphatic imine (C=N–C) groups is 1. The fourth-order valence-electron chi connectivity index (χ4n) is 3.80. The van der Waals surface area contributed by atoms with Gasteiger partial charge in [0.15, 0.2) is 5.96 Å². The van der Waals surface area contributed by atoms with Crippen molar-refractivity contribution in [3.63, 3.8) is 0 Å². The Balaban J connectivity index is 0.00000385. The number of methoxy groups -OCH3 is 1. The molecule has 2 N–H and O–H groups in total. The summed E-state index contributed by atoms with van der Waals surface area (Å²) >= 11 is 0. The zero-order chi connectivity index (χ0) is 22.6. The van der Waals surface area contributed by atoms with Crippen LogP contribution in [0, 0.1) is 0 Å². The second-order valence-corrected chi connectivity index (χ2v) is 7.91. The summed E-state index contributed by atoms with van der Waals surface area (Å²) in [6, 6.07) is 16.8. The standard InChI is InChI=1S/C25H36N4O3.HI/c1-26-25(28-19-21-8-4-5-10-24(21)30-3)27-18-20-7-6-9-23(17-20)32-16-13-29(2)22-11-14-31-15-12-22;/h4-10,17,22H,11-16,18-19H2,1-3H3,(H2,26,27,28);1H. The van der Waals surface area contributed by atoms with E-state index in [1.54, 1.807) is 14.2 Å². The van der Waals surface area contributed by atoms with Gasteiger partial charge in [0.1, 0.15) is 18.1 Å². The molecule has 0 bridgehead atoms. The maximum atomic E-state index is 6.01. The van der Waals surface area contributed by atoms with E-state index in [1.807, 2.05) is 36.4 Å². The Hall–Kier alpha value is -2.04. The summed E-state index contributed by atoms with van der Waals surface area (Å²) in [6.45, 7) is 4.60. The molecule has 182 valence electrons. The van der Waals surface area contributed by atoms with E-state index in [1.165, 1.54) is 0 Å². The van der Waals surface area contributed by atoms with Crippen LogP contribution >= 0.6 is 24.0 Å². The lowest BCUT2D eigenvalue weighted by Gasteiger charge is -2.31. The van der Waals surface area contributed by atoms with Gasteiger partial charge >= 0.3 is 0 Å². The van der Waals surface area contributed by atoms with Gasteiger partial charge in [-0.15, -0.1) is 24.0 Å². The summed E-state index contributed by atoms with van der Waals surface area (Å²) in [6.07, 6.45) is 2.20. The lowest BCUT2D eigenvalue weighted by Crippen LogP contribution is -2.38. The predicted molar refractivity (Wildman–Crippen MR) is 144 cm³/mol. The first-order chi connectivity index (χ1) is 15.7. The van der Waals surface area contributed by atoms with Gasteiger partial charge in [-0.1, -0.05) is 30.3 Å². The first-order valence-electron chi connectivity index (χ1n) is 11.3. The first-order valence-corrected chi connectivity index (χ1v) is 11.3. The van der Waals surface area contributed by atoms with Gasteiger partial charge in [0, 0.05) is 51.5 Å². The molecular formula is C25H37IN4O3. The largest absolute Gasteiger partial charge is 0.496 e. The molecule has 0 saturated carbocycles. The third-order valence-corrected chi connectivity index (χ3v) is 5.75. The van der Waals surface area contributed by atoms with Gasteiger partial charge in [-0.3, -0.25) is 9.89 Å². The average molecular weight is 569 g/mol. The quantitative estimate of drug-likeness (QED) is 0.259. The molecule has 1 saturated heterocycles. The number of hydrogen-bond acceptors (Lipinski definition) is 5. The number of benzene rings is 2. The average Bonchev–Trinajstić information content (AvgIpc) is 2.85. The second kappa shape index (κ2) is 15.0. The molecule has 0 aliphatic carbocycles. The summed E-state index contributed by atoms with van der Waals surface area (Å²) in [5.74, 6) is 2.49. The highest BCUT2D eigenvalue weighted by Gasteiger charge is 2.18. The zero-order valence-corrected chi connectivity index (χ0v) is 22.2. The van der Waals surface area contributed by atoms with E-state index < -0.39 is 0 Å². The summed E-state index contributed by atoms with van der Waals surface area (Å²) in [7, 11) is 5.62. The van der Waals surface area contributed by atoms with E-state index in [-0.39, 0.29) is 24.0 Å². The molecule has 0 unspecified atom stereocenters. The number of ether oxygens (including phenoxy) is 3. The maximum Gasteiger partial charge on any atom is 0.191 e. The monoisotopic (exact) mass is 568 g/mol.